The quantitative estimate of drug-likeness (QED) is 0.903. The van der Waals surface area contributed by atoms with E-state index in [1.54, 1.807) is 18.2 Å². The van der Waals surface area contributed by atoms with Crippen molar-refractivity contribution in [2.75, 3.05) is 5.32 Å². The van der Waals surface area contributed by atoms with Crippen LogP contribution in [0.5, 0.6) is 0 Å². The van der Waals surface area contributed by atoms with Crippen LogP contribution in [0.4, 0.5) is 10.2 Å². The minimum absolute atomic E-state index is 0.0592. The lowest BCUT2D eigenvalue weighted by atomic mass is 10.2. The van der Waals surface area contributed by atoms with Gasteiger partial charge in [0.2, 0.25) is 0 Å². The summed E-state index contributed by atoms with van der Waals surface area (Å²) in [6, 6.07) is 9.28. The second-order valence-corrected chi connectivity index (χ2v) is 4.18. The molecule has 0 radical (unpaired) electrons. The van der Waals surface area contributed by atoms with Crippen molar-refractivity contribution in [1.82, 2.24) is 4.98 Å². The minimum atomic E-state index is -1.21. The number of nitrogens with zero attached hydrogens (tertiary/aromatic N) is 1. The van der Waals surface area contributed by atoms with E-state index in [1.807, 2.05) is 0 Å². The number of nitrogens with one attached hydrogen (secondary N) is 1. The number of pyridine rings is 1. The highest BCUT2D eigenvalue weighted by atomic mass is 35.5. The van der Waals surface area contributed by atoms with Crippen molar-refractivity contribution in [3.8, 4) is 0 Å². The molecule has 0 saturated carbocycles. The van der Waals surface area contributed by atoms with Gasteiger partial charge in [0.15, 0.2) is 5.69 Å². The Bertz CT molecular complexity index is 619. The molecule has 2 aromatic rings. The molecule has 2 rings (SSSR count). The van der Waals surface area contributed by atoms with Crippen LogP contribution < -0.4 is 5.32 Å². The topological polar surface area (TPSA) is 62.2 Å². The fourth-order valence-electron chi connectivity index (χ4n) is 1.52. The van der Waals surface area contributed by atoms with Gasteiger partial charge >= 0.3 is 5.97 Å². The van der Waals surface area contributed by atoms with E-state index < -0.39 is 5.97 Å². The Kier molecular flexibility index (Phi) is 3.97. The van der Waals surface area contributed by atoms with Crippen molar-refractivity contribution in [3.63, 3.8) is 0 Å². The molecular formula is C13H10ClFN2O2. The molecule has 0 fully saturated rings. The third kappa shape index (κ3) is 3.20. The van der Waals surface area contributed by atoms with Crippen molar-refractivity contribution in [3.05, 3.63) is 58.5 Å². The third-order valence-electron chi connectivity index (χ3n) is 2.47. The van der Waals surface area contributed by atoms with Gasteiger partial charge in [0.25, 0.3) is 0 Å². The molecule has 1 heterocycles. The number of carboxylic acids is 1. The molecule has 0 aliphatic rings. The summed E-state index contributed by atoms with van der Waals surface area (Å²) in [5.41, 5.74) is 0.233. The van der Waals surface area contributed by atoms with E-state index in [0.717, 1.165) is 0 Å². The molecule has 98 valence electrons. The van der Waals surface area contributed by atoms with Crippen LogP contribution in [0.15, 0.2) is 36.4 Å². The van der Waals surface area contributed by atoms with E-state index in [9.17, 15) is 9.18 Å². The first kappa shape index (κ1) is 13.3. The van der Waals surface area contributed by atoms with Crippen LogP contribution in [-0.2, 0) is 6.54 Å². The number of aromatic carboxylic acids is 1. The van der Waals surface area contributed by atoms with Crippen molar-refractivity contribution in [2.24, 2.45) is 0 Å². The molecule has 1 aromatic carbocycles. The number of carbonyl (C=O) groups is 1. The summed E-state index contributed by atoms with van der Waals surface area (Å²) in [7, 11) is 0. The molecule has 1 aromatic heterocycles. The number of carboxylic acid groups (broad SMARTS) is 1. The molecule has 19 heavy (non-hydrogen) atoms. The van der Waals surface area contributed by atoms with E-state index in [0.29, 0.717) is 11.4 Å². The Labute approximate surface area is 113 Å². The van der Waals surface area contributed by atoms with Crippen LogP contribution in [0.25, 0.3) is 0 Å². The number of halogens is 2. The van der Waals surface area contributed by atoms with Crippen molar-refractivity contribution in [2.45, 2.75) is 6.54 Å². The molecule has 0 amide bonds. The summed E-state index contributed by atoms with van der Waals surface area (Å²) >= 11 is 5.70. The lowest BCUT2D eigenvalue weighted by Gasteiger charge is -2.07. The number of rotatable bonds is 4. The molecule has 0 atom stereocenters. The van der Waals surface area contributed by atoms with Crippen LogP contribution in [0, 0.1) is 5.82 Å². The van der Waals surface area contributed by atoms with Gasteiger partial charge in [-0.15, -0.1) is 0 Å². The molecule has 0 spiro atoms. The zero-order valence-electron chi connectivity index (χ0n) is 9.73. The Morgan fingerprint density at radius 1 is 1.32 bits per heavy atom. The summed E-state index contributed by atoms with van der Waals surface area (Å²) in [6.45, 7) is 0.209. The van der Waals surface area contributed by atoms with E-state index >= 15 is 0 Å². The number of hydrogen-bond donors (Lipinski definition) is 2. The van der Waals surface area contributed by atoms with Crippen LogP contribution in [-0.4, -0.2) is 16.1 Å². The second kappa shape index (κ2) is 5.67. The fraction of sp³-hybridized carbons (Fsp3) is 0.0769. The monoisotopic (exact) mass is 280 g/mol. The Balaban J connectivity index is 2.14. The molecular weight excluding hydrogens is 271 g/mol. The van der Waals surface area contributed by atoms with E-state index in [1.165, 1.54) is 18.2 Å². The maximum absolute atomic E-state index is 13.4. The summed E-state index contributed by atoms with van der Waals surface area (Å²) in [4.78, 5) is 14.7. The van der Waals surface area contributed by atoms with Crippen molar-refractivity contribution < 1.29 is 14.3 Å². The van der Waals surface area contributed by atoms with Gasteiger partial charge in [0.1, 0.15) is 11.6 Å². The van der Waals surface area contributed by atoms with Gasteiger partial charge in [-0.05, 0) is 18.2 Å². The Morgan fingerprint density at radius 2 is 2.05 bits per heavy atom. The van der Waals surface area contributed by atoms with Crippen LogP contribution >= 0.6 is 11.6 Å². The SMILES string of the molecule is O=C(O)c1nc(NCc2ccccc2F)ccc1Cl. The molecule has 0 aliphatic heterocycles. The van der Waals surface area contributed by atoms with Gasteiger partial charge in [-0.1, -0.05) is 29.8 Å². The minimum Gasteiger partial charge on any atom is -0.476 e. The van der Waals surface area contributed by atoms with Gasteiger partial charge in [-0.3, -0.25) is 0 Å². The largest absolute Gasteiger partial charge is 0.476 e. The van der Waals surface area contributed by atoms with E-state index in [2.05, 4.69) is 10.3 Å². The first-order chi connectivity index (χ1) is 9.08. The highest BCUT2D eigenvalue weighted by molar-refractivity contribution is 6.33. The Morgan fingerprint density at radius 3 is 2.74 bits per heavy atom. The lowest BCUT2D eigenvalue weighted by Crippen LogP contribution is -2.07. The zero-order chi connectivity index (χ0) is 13.8. The summed E-state index contributed by atoms with van der Waals surface area (Å²) in [5, 5.41) is 11.8. The van der Waals surface area contributed by atoms with Crippen molar-refractivity contribution >= 4 is 23.4 Å². The number of aromatic nitrogens is 1. The van der Waals surface area contributed by atoms with Gasteiger partial charge in [-0.25, -0.2) is 14.2 Å². The van der Waals surface area contributed by atoms with E-state index in [-0.39, 0.29) is 23.1 Å². The second-order valence-electron chi connectivity index (χ2n) is 3.78. The predicted octanol–water partition coefficient (Wildman–Crippen LogP) is 3.18. The van der Waals surface area contributed by atoms with Gasteiger partial charge in [-0.2, -0.15) is 0 Å². The average molecular weight is 281 g/mol. The third-order valence-corrected chi connectivity index (χ3v) is 2.77. The first-order valence-corrected chi connectivity index (χ1v) is 5.83. The summed E-state index contributed by atoms with van der Waals surface area (Å²) in [6.07, 6.45) is 0. The highest BCUT2D eigenvalue weighted by Crippen LogP contribution is 2.17. The van der Waals surface area contributed by atoms with Crippen LogP contribution in [0.3, 0.4) is 0 Å². The van der Waals surface area contributed by atoms with Crippen molar-refractivity contribution in [1.29, 1.82) is 0 Å². The maximum Gasteiger partial charge on any atom is 0.356 e. The number of benzene rings is 1. The molecule has 6 heteroatoms. The maximum atomic E-state index is 13.4. The smallest absolute Gasteiger partial charge is 0.356 e. The van der Waals surface area contributed by atoms with Crippen LogP contribution in [0.1, 0.15) is 16.1 Å². The van der Waals surface area contributed by atoms with E-state index in [4.69, 9.17) is 16.7 Å². The highest BCUT2D eigenvalue weighted by Gasteiger charge is 2.11. The van der Waals surface area contributed by atoms with Gasteiger partial charge < -0.3 is 10.4 Å². The molecule has 2 N–H and O–H groups in total. The number of hydrogen-bond acceptors (Lipinski definition) is 3. The molecule has 0 saturated heterocycles. The van der Waals surface area contributed by atoms with Crippen LogP contribution in [0.2, 0.25) is 5.02 Å². The predicted molar refractivity (Wildman–Crippen MR) is 69.9 cm³/mol. The molecule has 0 aliphatic carbocycles. The molecule has 0 bridgehead atoms. The Hall–Kier alpha value is -2.14. The normalized spacial score (nSPS) is 10.2. The zero-order valence-corrected chi connectivity index (χ0v) is 10.5. The summed E-state index contributed by atoms with van der Waals surface area (Å²) in [5.74, 6) is -1.22. The standard InChI is InChI=1S/C13H10ClFN2O2/c14-9-5-6-11(17-12(9)13(18)19)16-7-8-3-1-2-4-10(8)15/h1-6H,7H2,(H,16,17)(H,18,19). The van der Waals surface area contributed by atoms with Gasteiger partial charge in [0, 0.05) is 12.1 Å². The lowest BCUT2D eigenvalue weighted by molar-refractivity contribution is 0.0691. The molecule has 0 unspecified atom stereocenters. The average Bonchev–Trinajstić information content (AvgIpc) is 2.39. The van der Waals surface area contributed by atoms with Gasteiger partial charge in [0.05, 0.1) is 5.02 Å². The molecule has 4 nitrogen and oxygen atoms in total. The number of anilines is 1. The summed E-state index contributed by atoms with van der Waals surface area (Å²) < 4.78 is 13.4. The first-order valence-electron chi connectivity index (χ1n) is 5.45. The fourth-order valence-corrected chi connectivity index (χ4v) is 1.70.